The predicted molar refractivity (Wildman–Crippen MR) is 129 cm³/mol. The normalized spacial score (nSPS) is 32.9. The van der Waals surface area contributed by atoms with Crippen molar-refractivity contribution >= 4 is 45.5 Å². The van der Waals surface area contributed by atoms with Gasteiger partial charge in [-0.2, -0.15) is 0 Å². The minimum Gasteiger partial charge on any atom is -0.481 e. The van der Waals surface area contributed by atoms with E-state index < -0.39 is 28.6 Å². The van der Waals surface area contributed by atoms with Crippen LogP contribution in [0, 0.1) is 11.8 Å². The summed E-state index contributed by atoms with van der Waals surface area (Å²) >= 11 is 5.20. The number of carboxylic acids is 1. The summed E-state index contributed by atoms with van der Waals surface area (Å²) in [5.74, 6) is -2.68. The number of unbranched alkanes of at least 4 members (excludes halogenated alkanes) is 4. The van der Waals surface area contributed by atoms with Crippen molar-refractivity contribution in [3.8, 4) is 0 Å². The van der Waals surface area contributed by atoms with Crippen molar-refractivity contribution in [2.75, 3.05) is 26.2 Å². The number of halogens is 1. The van der Waals surface area contributed by atoms with E-state index in [-0.39, 0.29) is 28.5 Å². The summed E-state index contributed by atoms with van der Waals surface area (Å²) in [6, 6.07) is -0.657. The minimum absolute atomic E-state index is 0.0322. The summed E-state index contributed by atoms with van der Waals surface area (Å²) in [7, 11) is 0. The molecule has 0 aliphatic carbocycles. The molecule has 1 spiro atoms. The number of aliphatic carboxylic acids is 1. The summed E-state index contributed by atoms with van der Waals surface area (Å²) in [5.41, 5.74) is 0. The van der Waals surface area contributed by atoms with Gasteiger partial charge in [-0.05, 0) is 32.1 Å². The van der Waals surface area contributed by atoms with E-state index in [4.69, 9.17) is 5.11 Å². The van der Waals surface area contributed by atoms with Crippen LogP contribution in [0.25, 0.3) is 0 Å². The lowest BCUT2D eigenvalue weighted by atomic mass is 9.71. The number of aliphatic hydroxyl groups excluding tert-OH is 1. The van der Waals surface area contributed by atoms with Gasteiger partial charge >= 0.3 is 5.97 Å². The van der Waals surface area contributed by atoms with Crippen molar-refractivity contribution in [3.05, 3.63) is 12.7 Å². The maximum atomic E-state index is 14.0. The molecular weight excluding hydrogens is 496 g/mol. The van der Waals surface area contributed by atoms with Crippen LogP contribution in [0.3, 0.4) is 0 Å². The molecule has 3 aliphatic heterocycles. The van der Waals surface area contributed by atoms with Gasteiger partial charge in [0.1, 0.15) is 6.04 Å². The molecule has 3 fully saturated rings. The lowest BCUT2D eigenvalue weighted by molar-refractivity contribution is -0.148. The number of aliphatic hydroxyl groups is 1. The molecule has 180 valence electrons. The summed E-state index contributed by atoms with van der Waals surface area (Å²) in [5, 5.41) is 18.9. The summed E-state index contributed by atoms with van der Waals surface area (Å²) in [4.78, 5) is 43.2. The Kier molecular flexibility index (Phi) is 8.72. The topological polar surface area (TPSA) is 98.2 Å². The van der Waals surface area contributed by atoms with Crippen LogP contribution in [-0.4, -0.2) is 84.9 Å². The molecule has 3 saturated heterocycles. The number of hydrogen-bond donors (Lipinski definition) is 2. The Balaban J connectivity index is 1.94. The average molecular weight is 532 g/mol. The van der Waals surface area contributed by atoms with Gasteiger partial charge in [0.15, 0.2) is 0 Å². The number of thioether (sulfide) groups is 1. The standard InChI is InChI=1S/C23H35BrN2O5S/c1-3-5-7-11-25(10-4-2)21(29)19-23-14-15(24)18(32-23)16(22(30)31)17(23)20(28)26(19)12-8-6-9-13-27/h4,15-19,27H,2-3,5-14H2,1H3,(H,30,31)/t15?,16-,17+,18-,19?,23?/m1/s1. The Bertz CT molecular complexity index is 737. The fourth-order valence-electron chi connectivity index (χ4n) is 5.68. The predicted octanol–water partition coefficient (Wildman–Crippen LogP) is 2.90. The third-order valence-electron chi connectivity index (χ3n) is 7.06. The zero-order valence-electron chi connectivity index (χ0n) is 18.7. The second kappa shape index (κ2) is 10.9. The highest BCUT2D eigenvalue weighted by Crippen LogP contribution is 2.67. The lowest BCUT2D eigenvalue weighted by Crippen LogP contribution is -2.55. The Hall–Kier alpha value is -1.06. The van der Waals surface area contributed by atoms with E-state index in [1.165, 1.54) is 0 Å². The van der Waals surface area contributed by atoms with Gasteiger partial charge in [0.2, 0.25) is 11.8 Å². The second-order valence-corrected chi connectivity index (χ2v) is 11.8. The molecule has 3 rings (SSSR count). The molecule has 3 heterocycles. The molecule has 3 unspecified atom stereocenters. The van der Waals surface area contributed by atoms with Crippen molar-refractivity contribution in [1.82, 2.24) is 9.80 Å². The zero-order chi connectivity index (χ0) is 23.5. The number of nitrogens with zero attached hydrogens (tertiary/aromatic N) is 2. The average Bonchev–Trinajstić information content (AvgIpc) is 3.34. The number of hydrogen-bond acceptors (Lipinski definition) is 5. The number of rotatable bonds is 13. The van der Waals surface area contributed by atoms with E-state index in [0.29, 0.717) is 38.9 Å². The Morgan fingerprint density at radius 3 is 2.69 bits per heavy atom. The maximum absolute atomic E-state index is 14.0. The molecule has 9 heteroatoms. The van der Waals surface area contributed by atoms with Gasteiger partial charge in [0, 0.05) is 36.3 Å². The van der Waals surface area contributed by atoms with Crippen molar-refractivity contribution in [3.63, 3.8) is 0 Å². The smallest absolute Gasteiger partial charge is 0.308 e. The van der Waals surface area contributed by atoms with Crippen molar-refractivity contribution in [1.29, 1.82) is 0 Å². The summed E-state index contributed by atoms with van der Waals surface area (Å²) < 4.78 is -0.711. The van der Waals surface area contributed by atoms with Crippen LogP contribution < -0.4 is 0 Å². The highest BCUT2D eigenvalue weighted by atomic mass is 79.9. The molecule has 2 N–H and O–H groups in total. The van der Waals surface area contributed by atoms with Crippen LogP contribution >= 0.6 is 27.7 Å². The molecule has 0 aromatic carbocycles. The molecule has 32 heavy (non-hydrogen) atoms. The quantitative estimate of drug-likeness (QED) is 0.216. The molecule has 0 aromatic heterocycles. The molecule has 2 bridgehead atoms. The zero-order valence-corrected chi connectivity index (χ0v) is 21.2. The molecule has 2 amide bonds. The van der Waals surface area contributed by atoms with Gasteiger partial charge in [-0.25, -0.2) is 0 Å². The van der Waals surface area contributed by atoms with Crippen LogP contribution in [0.2, 0.25) is 0 Å². The van der Waals surface area contributed by atoms with Crippen LogP contribution in [0.1, 0.15) is 51.9 Å². The third kappa shape index (κ3) is 4.49. The first-order valence-electron chi connectivity index (χ1n) is 11.7. The lowest BCUT2D eigenvalue weighted by Gasteiger charge is -2.37. The summed E-state index contributed by atoms with van der Waals surface area (Å²) in [6.45, 7) is 7.46. The van der Waals surface area contributed by atoms with E-state index in [1.807, 2.05) is 0 Å². The number of carbonyl (C=O) groups is 3. The molecule has 0 radical (unpaired) electrons. The third-order valence-corrected chi connectivity index (χ3v) is 10.3. The van der Waals surface area contributed by atoms with Crippen LogP contribution in [0.15, 0.2) is 12.7 Å². The molecule has 3 aliphatic rings. The molecular formula is C23H35BrN2O5S. The van der Waals surface area contributed by atoms with Gasteiger partial charge in [0.05, 0.1) is 16.6 Å². The fourth-order valence-corrected chi connectivity index (χ4v) is 9.28. The first-order chi connectivity index (χ1) is 15.3. The second-order valence-electron chi connectivity index (χ2n) is 9.10. The van der Waals surface area contributed by atoms with E-state index in [2.05, 4.69) is 29.4 Å². The highest BCUT2D eigenvalue weighted by molar-refractivity contribution is 9.09. The first kappa shape index (κ1) is 25.6. The number of alkyl halides is 1. The highest BCUT2D eigenvalue weighted by Gasteiger charge is 2.75. The van der Waals surface area contributed by atoms with Crippen LogP contribution in [0.5, 0.6) is 0 Å². The fraction of sp³-hybridized carbons (Fsp3) is 0.783. The van der Waals surface area contributed by atoms with E-state index in [9.17, 15) is 19.5 Å². The number of likely N-dealkylation sites (tertiary alicyclic amines) is 1. The van der Waals surface area contributed by atoms with Gasteiger partial charge in [-0.15, -0.1) is 18.3 Å². The molecule has 6 atom stereocenters. The summed E-state index contributed by atoms with van der Waals surface area (Å²) in [6.07, 6.45) is 7.36. The van der Waals surface area contributed by atoms with Crippen LogP contribution in [0.4, 0.5) is 0 Å². The van der Waals surface area contributed by atoms with Crippen LogP contribution in [-0.2, 0) is 14.4 Å². The first-order valence-corrected chi connectivity index (χ1v) is 13.5. The Morgan fingerprint density at radius 2 is 2.06 bits per heavy atom. The van der Waals surface area contributed by atoms with Crippen molar-refractivity contribution in [2.24, 2.45) is 11.8 Å². The molecule has 7 nitrogen and oxygen atoms in total. The number of carboxylic acid groups (broad SMARTS) is 1. The van der Waals surface area contributed by atoms with E-state index in [0.717, 1.165) is 25.7 Å². The minimum atomic E-state index is -0.953. The van der Waals surface area contributed by atoms with Gasteiger partial charge < -0.3 is 20.0 Å². The number of fused-ring (bicyclic) bond motifs is 1. The number of carbonyl (C=O) groups excluding carboxylic acids is 2. The molecule has 0 aromatic rings. The van der Waals surface area contributed by atoms with Crippen molar-refractivity contribution in [2.45, 2.75) is 72.7 Å². The monoisotopic (exact) mass is 530 g/mol. The van der Waals surface area contributed by atoms with Crippen molar-refractivity contribution < 1.29 is 24.6 Å². The Labute approximate surface area is 203 Å². The largest absolute Gasteiger partial charge is 0.481 e. The SMILES string of the molecule is C=CCN(CCCCC)C(=O)C1N(CCCCCO)C(=O)[C@@H]2[C@@H](C(=O)O)[C@@H]3SC12CC3Br. The van der Waals surface area contributed by atoms with E-state index >= 15 is 0 Å². The maximum Gasteiger partial charge on any atom is 0.308 e. The van der Waals surface area contributed by atoms with E-state index in [1.54, 1.807) is 27.6 Å². The molecule has 0 saturated carbocycles. The van der Waals surface area contributed by atoms with Gasteiger partial charge in [-0.1, -0.05) is 41.8 Å². The number of amides is 2. The van der Waals surface area contributed by atoms with Gasteiger partial charge in [-0.3, -0.25) is 14.4 Å². The van der Waals surface area contributed by atoms with Gasteiger partial charge in [0.25, 0.3) is 0 Å². The Morgan fingerprint density at radius 1 is 1.31 bits per heavy atom.